The molecule has 1 saturated carbocycles. The van der Waals surface area contributed by atoms with Crippen LogP contribution < -0.4 is 5.32 Å². The summed E-state index contributed by atoms with van der Waals surface area (Å²) in [6.07, 6.45) is 7.82. The molecule has 1 N–H and O–H groups in total. The van der Waals surface area contributed by atoms with Crippen molar-refractivity contribution in [2.24, 2.45) is 5.92 Å². The van der Waals surface area contributed by atoms with Gasteiger partial charge in [-0.1, -0.05) is 54.8 Å². The van der Waals surface area contributed by atoms with E-state index in [4.69, 9.17) is 4.52 Å². The predicted molar refractivity (Wildman–Crippen MR) is 80.8 cm³/mol. The van der Waals surface area contributed by atoms with Gasteiger partial charge < -0.3 is 9.84 Å². The molecule has 0 bridgehead atoms. The molecule has 3 rings (SSSR count). The average Bonchev–Trinajstić information content (AvgIpc) is 3.04. The van der Waals surface area contributed by atoms with Crippen LogP contribution in [0.3, 0.4) is 0 Å². The summed E-state index contributed by atoms with van der Waals surface area (Å²) in [5, 5.41) is 6.80. The molecule has 1 aliphatic rings. The molecule has 1 aromatic heterocycles. The second kappa shape index (κ2) is 6.57. The van der Waals surface area contributed by atoms with E-state index in [1.54, 1.807) is 0 Å². The molecule has 0 aliphatic heterocycles. The Balaban J connectivity index is 1.66. The van der Waals surface area contributed by atoms with Gasteiger partial charge in [0.2, 0.25) is 0 Å². The average molecular weight is 284 g/mol. The van der Waals surface area contributed by atoms with Gasteiger partial charge in [-0.05, 0) is 18.8 Å². The van der Waals surface area contributed by atoms with E-state index in [2.05, 4.69) is 10.5 Å². The molecule has 1 fully saturated rings. The van der Waals surface area contributed by atoms with Crippen LogP contribution in [-0.2, 0) is 0 Å². The van der Waals surface area contributed by atoms with Gasteiger partial charge in [0.1, 0.15) is 5.56 Å². The number of aromatic nitrogens is 1. The SMILES string of the molecule is O=C(NCC1CCCCC1)c1cnoc1-c1ccccc1. The lowest BCUT2D eigenvalue weighted by molar-refractivity contribution is 0.0944. The van der Waals surface area contributed by atoms with Crippen LogP contribution in [-0.4, -0.2) is 17.6 Å². The van der Waals surface area contributed by atoms with Gasteiger partial charge in [-0.15, -0.1) is 0 Å². The first kappa shape index (κ1) is 13.9. The fraction of sp³-hybridized carbons (Fsp3) is 0.412. The van der Waals surface area contributed by atoms with Gasteiger partial charge >= 0.3 is 0 Å². The molecule has 1 aromatic carbocycles. The van der Waals surface area contributed by atoms with Crippen molar-refractivity contribution in [1.29, 1.82) is 0 Å². The van der Waals surface area contributed by atoms with Crippen LogP contribution in [0.15, 0.2) is 41.1 Å². The van der Waals surface area contributed by atoms with Gasteiger partial charge in [-0.2, -0.15) is 0 Å². The molecule has 110 valence electrons. The summed E-state index contributed by atoms with van der Waals surface area (Å²) >= 11 is 0. The fourth-order valence-corrected chi connectivity index (χ4v) is 2.92. The lowest BCUT2D eigenvalue weighted by Crippen LogP contribution is -2.30. The second-order valence-electron chi connectivity index (χ2n) is 5.65. The van der Waals surface area contributed by atoms with Crippen LogP contribution in [0.4, 0.5) is 0 Å². The van der Waals surface area contributed by atoms with E-state index < -0.39 is 0 Å². The number of carbonyl (C=O) groups excluding carboxylic acids is 1. The monoisotopic (exact) mass is 284 g/mol. The van der Waals surface area contributed by atoms with Gasteiger partial charge in [-0.3, -0.25) is 4.79 Å². The number of nitrogens with zero attached hydrogens (tertiary/aromatic N) is 1. The summed E-state index contributed by atoms with van der Waals surface area (Å²) in [5.41, 5.74) is 1.38. The van der Waals surface area contributed by atoms with E-state index in [1.807, 2.05) is 30.3 Å². The number of benzene rings is 1. The molecule has 1 heterocycles. The van der Waals surface area contributed by atoms with Crippen molar-refractivity contribution in [3.63, 3.8) is 0 Å². The Labute approximate surface area is 124 Å². The molecule has 4 heteroatoms. The number of carbonyl (C=O) groups is 1. The molecule has 0 radical (unpaired) electrons. The first-order valence-electron chi connectivity index (χ1n) is 7.63. The largest absolute Gasteiger partial charge is 0.355 e. The van der Waals surface area contributed by atoms with E-state index in [0.717, 1.165) is 12.1 Å². The minimum Gasteiger partial charge on any atom is -0.355 e. The van der Waals surface area contributed by atoms with Crippen LogP contribution in [0, 0.1) is 5.92 Å². The molecular formula is C17H20N2O2. The lowest BCUT2D eigenvalue weighted by atomic mass is 9.89. The van der Waals surface area contributed by atoms with Crippen molar-refractivity contribution >= 4 is 5.91 Å². The molecule has 1 aliphatic carbocycles. The Morgan fingerprint density at radius 2 is 1.95 bits per heavy atom. The minimum absolute atomic E-state index is 0.0966. The maximum atomic E-state index is 12.3. The first-order valence-corrected chi connectivity index (χ1v) is 7.63. The molecule has 0 atom stereocenters. The zero-order chi connectivity index (χ0) is 14.5. The molecular weight excluding hydrogens is 264 g/mol. The zero-order valence-corrected chi connectivity index (χ0v) is 12.0. The highest BCUT2D eigenvalue weighted by Crippen LogP contribution is 2.25. The van der Waals surface area contributed by atoms with Crippen LogP contribution in [0.2, 0.25) is 0 Å². The van der Waals surface area contributed by atoms with Crippen LogP contribution in [0.1, 0.15) is 42.5 Å². The highest BCUT2D eigenvalue weighted by molar-refractivity contribution is 5.99. The molecule has 0 spiro atoms. The third kappa shape index (κ3) is 3.32. The third-order valence-corrected chi connectivity index (χ3v) is 4.13. The van der Waals surface area contributed by atoms with Gasteiger partial charge in [0.25, 0.3) is 5.91 Å². The Morgan fingerprint density at radius 1 is 1.19 bits per heavy atom. The lowest BCUT2D eigenvalue weighted by Gasteiger charge is -2.21. The van der Waals surface area contributed by atoms with Crippen LogP contribution in [0.25, 0.3) is 11.3 Å². The van der Waals surface area contributed by atoms with Crippen molar-refractivity contribution in [1.82, 2.24) is 10.5 Å². The maximum absolute atomic E-state index is 12.3. The van der Waals surface area contributed by atoms with Crippen LogP contribution >= 0.6 is 0 Å². The number of rotatable bonds is 4. The van der Waals surface area contributed by atoms with E-state index in [-0.39, 0.29) is 5.91 Å². The quantitative estimate of drug-likeness (QED) is 0.932. The topological polar surface area (TPSA) is 55.1 Å². The van der Waals surface area contributed by atoms with Gasteiger partial charge in [0, 0.05) is 12.1 Å². The number of hydrogen-bond acceptors (Lipinski definition) is 3. The zero-order valence-electron chi connectivity index (χ0n) is 12.0. The fourth-order valence-electron chi connectivity index (χ4n) is 2.92. The van der Waals surface area contributed by atoms with Crippen LogP contribution in [0.5, 0.6) is 0 Å². The molecule has 2 aromatic rings. The standard InChI is InChI=1S/C17H20N2O2/c20-17(18-11-13-7-3-1-4-8-13)15-12-19-21-16(15)14-9-5-2-6-10-14/h2,5-6,9-10,12-13H,1,3-4,7-8,11H2,(H,18,20). The van der Waals surface area contributed by atoms with Crippen molar-refractivity contribution < 1.29 is 9.32 Å². The van der Waals surface area contributed by atoms with E-state index >= 15 is 0 Å². The molecule has 4 nitrogen and oxygen atoms in total. The summed E-state index contributed by atoms with van der Waals surface area (Å²) in [4.78, 5) is 12.3. The summed E-state index contributed by atoms with van der Waals surface area (Å²) in [7, 11) is 0. The Hall–Kier alpha value is -2.10. The number of amides is 1. The van der Waals surface area contributed by atoms with Crippen molar-refractivity contribution in [3.05, 3.63) is 42.1 Å². The summed E-state index contributed by atoms with van der Waals surface area (Å²) in [6.45, 7) is 0.748. The summed E-state index contributed by atoms with van der Waals surface area (Å²) in [6, 6.07) is 9.60. The normalized spacial score (nSPS) is 15.8. The number of hydrogen-bond donors (Lipinski definition) is 1. The van der Waals surface area contributed by atoms with Gasteiger partial charge in [-0.25, -0.2) is 0 Å². The van der Waals surface area contributed by atoms with Crippen molar-refractivity contribution in [3.8, 4) is 11.3 Å². The predicted octanol–water partition coefficient (Wildman–Crippen LogP) is 3.65. The second-order valence-corrected chi connectivity index (χ2v) is 5.65. The van der Waals surface area contributed by atoms with Gasteiger partial charge in [0.15, 0.2) is 5.76 Å². The minimum atomic E-state index is -0.0966. The van der Waals surface area contributed by atoms with Crippen molar-refractivity contribution in [2.45, 2.75) is 32.1 Å². The Morgan fingerprint density at radius 3 is 2.71 bits per heavy atom. The van der Waals surface area contributed by atoms with E-state index in [1.165, 1.54) is 38.3 Å². The van der Waals surface area contributed by atoms with Gasteiger partial charge in [0.05, 0.1) is 6.20 Å². The highest BCUT2D eigenvalue weighted by atomic mass is 16.5. The van der Waals surface area contributed by atoms with Crippen molar-refractivity contribution in [2.75, 3.05) is 6.54 Å². The molecule has 21 heavy (non-hydrogen) atoms. The maximum Gasteiger partial charge on any atom is 0.256 e. The Bertz CT molecular complexity index is 586. The van der Waals surface area contributed by atoms with E-state index in [0.29, 0.717) is 17.2 Å². The summed E-state index contributed by atoms with van der Waals surface area (Å²) < 4.78 is 5.25. The van der Waals surface area contributed by atoms with E-state index in [9.17, 15) is 4.79 Å². The third-order valence-electron chi connectivity index (χ3n) is 4.13. The number of nitrogens with one attached hydrogen (secondary N) is 1. The first-order chi connectivity index (χ1) is 10.3. The highest BCUT2D eigenvalue weighted by Gasteiger charge is 2.19. The smallest absolute Gasteiger partial charge is 0.256 e. The summed E-state index contributed by atoms with van der Waals surface area (Å²) in [5.74, 6) is 1.06. The molecule has 1 amide bonds. The Kier molecular flexibility index (Phi) is 4.34. The molecule has 0 saturated heterocycles. The molecule has 0 unspecified atom stereocenters.